The highest BCUT2D eigenvalue weighted by atomic mass is 16.7. The molecule has 0 aliphatic carbocycles. The van der Waals surface area contributed by atoms with E-state index in [-0.39, 0.29) is 37.2 Å². The molecule has 9 nitrogen and oxygen atoms in total. The largest absolute Gasteiger partial charge is 0.493 e. The second-order valence-corrected chi connectivity index (χ2v) is 8.00. The minimum absolute atomic E-state index is 0.117. The first kappa shape index (κ1) is 22.1. The van der Waals surface area contributed by atoms with Crippen LogP contribution in [-0.2, 0) is 22.6 Å². The molecule has 2 amide bonds. The van der Waals surface area contributed by atoms with Crippen LogP contribution in [0.3, 0.4) is 0 Å². The molecule has 9 heteroatoms. The van der Waals surface area contributed by atoms with Gasteiger partial charge in [0.2, 0.25) is 18.6 Å². The monoisotopic (exact) mass is 470 g/mol. The fourth-order valence-electron chi connectivity index (χ4n) is 3.91. The summed E-state index contributed by atoms with van der Waals surface area (Å²) in [7, 11) is 0. The van der Waals surface area contributed by atoms with Crippen molar-refractivity contribution in [3.63, 3.8) is 0 Å². The van der Waals surface area contributed by atoms with Gasteiger partial charge in [-0.2, -0.15) is 0 Å². The summed E-state index contributed by atoms with van der Waals surface area (Å²) in [4.78, 5) is 24.3. The molecular formula is C26H22N4O5. The van der Waals surface area contributed by atoms with Gasteiger partial charge in [0.25, 0.3) is 5.91 Å². The van der Waals surface area contributed by atoms with Gasteiger partial charge in [-0.05, 0) is 29.3 Å². The summed E-state index contributed by atoms with van der Waals surface area (Å²) in [6.45, 7) is 0.246. The maximum absolute atomic E-state index is 12.2. The van der Waals surface area contributed by atoms with Crippen LogP contribution in [0.4, 0.5) is 5.69 Å². The van der Waals surface area contributed by atoms with Crippen LogP contribution < -0.4 is 14.8 Å². The average molecular weight is 470 g/mol. The van der Waals surface area contributed by atoms with Gasteiger partial charge in [-0.3, -0.25) is 9.59 Å². The molecule has 0 fully saturated rings. The van der Waals surface area contributed by atoms with E-state index in [1.54, 1.807) is 10.6 Å². The summed E-state index contributed by atoms with van der Waals surface area (Å²) in [5.41, 5.74) is 2.66. The molecule has 0 saturated heterocycles. The zero-order chi connectivity index (χ0) is 24.2. The van der Waals surface area contributed by atoms with Crippen LogP contribution in [0.15, 0.2) is 83.0 Å². The van der Waals surface area contributed by atoms with Crippen LogP contribution in [0.1, 0.15) is 11.1 Å². The minimum atomic E-state index is -0.626. The quantitative estimate of drug-likeness (QED) is 0.395. The summed E-state index contributed by atoms with van der Waals surface area (Å²) < 4.78 is 12.5. The summed E-state index contributed by atoms with van der Waals surface area (Å²) in [6, 6.07) is 22.1. The first-order valence-electron chi connectivity index (χ1n) is 11.0. The number of aromatic nitrogens is 1. The van der Waals surface area contributed by atoms with Crippen LogP contribution in [0.2, 0.25) is 0 Å². The van der Waals surface area contributed by atoms with Crippen molar-refractivity contribution in [2.45, 2.75) is 13.0 Å². The summed E-state index contributed by atoms with van der Waals surface area (Å²) in [6.07, 6.45) is 0.166. The van der Waals surface area contributed by atoms with Crippen LogP contribution in [0.25, 0.3) is 10.9 Å². The van der Waals surface area contributed by atoms with Crippen LogP contribution >= 0.6 is 0 Å². The second kappa shape index (κ2) is 9.68. The molecule has 35 heavy (non-hydrogen) atoms. The zero-order valence-electron chi connectivity index (χ0n) is 18.7. The second-order valence-electron chi connectivity index (χ2n) is 8.00. The molecule has 0 saturated carbocycles. The number of fused-ring (bicyclic) bond motifs is 2. The zero-order valence-corrected chi connectivity index (χ0v) is 18.7. The van der Waals surface area contributed by atoms with E-state index in [1.165, 1.54) is 0 Å². The number of rotatable bonds is 7. The third-order valence-electron chi connectivity index (χ3n) is 5.60. The Morgan fingerprint density at radius 2 is 1.71 bits per heavy atom. The van der Waals surface area contributed by atoms with Gasteiger partial charge in [-0.25, -0.2) is 0 Å². The van der Waals surface area contributed by atoms with Gasteiger partial charge >= 0.3 is 0 Å². The predicted molar refractivity (Wildman–Crippen MR) is 128 cm³/mol. The Morgan fingerprint density at radius 1 is 0.943 bits per heavy atom. The van der Waals surface area contributed by atoms with E-state index in [0.717, 1.165) is 16.6 Å². The lowest BCUT2D eigenvalue weighted by Crippen LogP contribution is -2.29. The number of hydrogen-bond donors (Lipinski definition) is 2. The van der Waals surface area contributed by atoms with Crippen LogP contribution in [-0.4, -0.2) is 34.8 Å². The highest BCUT2D eigenvalue weighted by Crippen LogP contribution is 2.40. The molecule has 1 aliphatic rings. The number of carbonyl (C=O) groups is 2. The molecule has 2 heterocycles. The van der Waals surface area contributed by atoms with Gasteiger partial charge in [0.05, 0.1) is 18.5 Å². The molecule has 0 bridgehead atoms. The van der Waals surface area contributed by atoms with E-state index in [4.69, 9.17) is 9.47 Å². The maximum atomic E-state index is 12.2. The minimum Gasteiger partial charge on any atom is -0.493 e. The van der Waals surface area contributed by atoms with Gasteiger partial charge in [-0.1, -0.05) is 54.6 Å². The van der Waals surface area contributed by atoms with Crippen molar-refractivity contribution in [1.29, 1.82) is 0 Å². The Bertz CT molecular complexity index is 1430. The van der Waals surface area contributed by atoms with E-state index >= 15 is 0 Å². The number of aromatic hydroxyl groups is 1. The van der Waals surface area contributed by atoms with Crippen molar-refractivity contribution >= 4 is 28.4 Å². The van der Waals surface area contributed by atoms with E-state index in [9.17, 15) is 14.7 Å². The fraction of sp³-hybridized carbons (Fsp3) is 0.154. The van der Waals surface area contributed by atoms with Gasteiger partial charge in [0, 0.05) is 5.39 Å². The first-order chi connectivity index (χ1) is 17.1. The standard InChI is InChI=1S/C26H22N4O5/c31-23(13-17-6-2-1-3-7-17)27-14-24(32)28-29-25-19-8-4-5-9-20(19)30(26(25)33)15-18-10-11-21-22(12-18)35-16-34-21/h1-12,33H,13-16H2,(H,27,31). The van der Waals surface area contributed by atoms with Gasteiger partial charge in [0.15, 0.2) is 17.2 Å². The predicted octanol–water partition coefficient (Wildman–Crippen LogP) is 4.09. The Morgan fingerprint density at radius 3 is 2.57 bits per heavy atom. The molecule has 5 rings (SSSR count). The molecule has 4 aromatic rings. The SMILES string of the molecule is O=C(CNC(=O)Cc1ccccc1)N=Nc1c(O)n(Cc2ccc3c(c2)OCO3)c2ccccc12. The number of para-hydroxylation sites is 1. The molecular weight excluding hydrogens is 448 g/mol. The van der Waals surface area contributed by atoms with Crippen molar-refractivity contribution in [2.75, 3.05) is 13.3 Å². The number of ether oxygens (including phenoxy) is 2. The highest BCUT2D eigenvalue weighted by Gasteiger charge is 2.19. The number of benzene rings is 3. The fourth-order valence-corrected chi connectivity index (χ4v) is 3.91. The molecule has 1 aromatic heterocycles. The van der Waals surface area contributed by atoms with Crippen molar-refractivity contribution in [3.8, 4) is 17.4 Å². The number of hydrogen-bond acceptors (Lipinski definition) is 6. The summed E-state index contributed by atoms with van der Waals surface area (Å²) in [5, 5.41) is 21.9. The topological polar surface area (TPSA) is 115 Å². The third-order valence-corrected chi connectivity index (χ3v) is 5.60. The lowest BCUT2D eigenvalue weighted by atomic mass is 10.1. The maximum Gasteiger partial charge on any atom is 0.283 e. The Hall–Kier alpha value is -4.66. The van der Waals surface area contributed by atoms with Crippen molar-refractivity contribution in [3.05, 3.63) is 83.9 Å². The van der Waals surface area contributed by atoms with Crippen molar-refractivity contribution < 1.29 is 24.2 Å². The van der Waals surface area contributed by atoms with E-state index < -0.39 is 5.91 Å². The van der Waals surface area contributed by atoms with Crippen molar-refractivity contribution in [2.24, 2.45) is 10.2 Å². The smallest absolute Gasteiger partial charge is 0.283 e. The Balaban J connectivity index is 1.30. The van der Waals surface area contributed by atoms with Gasteiger partial charge in [-0.15, -0.1) is 10.2 Å². The Kier molecular flexibility index (Phi) is 6.13. The number of amides is 2. The number of carbonyl (C=O) groups excluding carboxylic acids is 2. The molecule has 176 valence electrons. The van der Waals surface area contributed by atoms with E-state index in [2.05, 4.69) is 15.5 Å². The highest BCUT2D eigenvalue weighted by molar-refractivity contribution is 5.95. The average Bonchev–Trinajstić information content (AvgIpc) is 3.44. The lowest BCUT2D eigenvalue weighted by Gasteiger charge is -2.08. The first-order valence-corrected chi connectivity index (χ1v) is 11.0. The number of nitrogens with zero attached hydrogens (tertiary/aromatic N) is 3. The number of azo groups is 1. The molecule has 3 aromatic carbocycles. The van der Waals surface area contributed by atoms with E-state index in [1.807, 2.05) is 66.7 Å². The molecule has 1 aliphatic heterocycles. The van der Waals surface area contributed by atoms with E-state index in [0.29, 0.717) is 23.4 Å². The van der Waals surface area contributed by atoms with Gasteiger partial charge in [0.1, 0.15) is 6.54 Å². The molecule has 0 atom stereocenters. The molecule has 0 unspecified atom stereocenters. The van der Waals surface area contributed by atoms with Crippen LogP contribution in [0, 0.1) is 0 Å². The van der Waals surface area contributed by atoms with Crippen LogP contribution in [0.5, 0.6) is 17.4 Å². The summed E-state index contributed by atoms with van der Waals surface area (Å²) in [5.74, 6) is 0.298. The van der Waals surface area contributed by atoms with Crippen molar-refractivity contribution in [1.82, 2.24) is 9.88 Å². The number of nitrogens with one attached hydrogen (secondary N) is 1. The molecule has 0 spiro atoms. The Labute approximate surface area is 200 Å². The summed E-state index contributed by atoms with van der Waals surface area (Å²) >= 11 is 0. The third kappa shape index (κ3) is 4.84. The van der Waals surface area contributed by atoms with Gasteiger partial charge < -0.3 is 24.5 Å². The molecule has 0 radical (unpaired) electrons. The normalized spacial score (nSPS) is 12.3. The lowest BCUT2D eigenvalue weighted by molar-refractivity contribution is -0.124. The molecule has 2 N–H and O–H groups in total.